The van der Waals surface area contributed by atoms with E-state index in [1.54, 1.807) is 4.90 Å². The van der Waals surface area contributed by atoms with E-state index < -0.39 is 22.4 Å². The molecule has 3 aromatic rings. The molecule has 0 unspecified atom stereocenters. The topological polar surface area (TPSA) is 97.8 Å². The first-order valence-corrected chi connectivity index (χ1v) is 10.6. The number of ether oxygens (including phenoxy) is 1. The zero-order valence-electron chi connectivity index (χ0n) is 18.3. The van der Waals surface area contributed by atoms with Gasteiger partial charge in [0.15, 0.2) is 0 Å². The number of aromatic nitrogens is 2. The number of halogens is 3. The average molecular weight is 477 g/mol. The summed E-state index contributed by atoms with van der Waals surface area (Å²) in [6, 6.07) is 10.0. The van der Waals surface area contributed by atoms with E-state index in [-0.39, 0.29) is 5.69 Å². The lowest BCUT2D eigenvalue weighted by molar-refractivity contribution is -0.384. The molecule has 0 saturated carbocycles. The van der Waals surface area contributed by atoms with Crippen LogP contribution in [0.3, 0.4) is 0 Å². The van der Waals surface area contributed by atoms with E-state index in [0.717, 1.165) is 17.7 Å². The summed E-state index contributed by atoms with van der Waals surface area (Å²) in [5.41, 5.74) is -0.707. The van der Waals surface area contributed by atoms with Crippen molar-refractivity contribution in [3.05, 3.63) is 64.0 Å². The normalized spacial score (nSPS) is 14.9. The predicted octanol–water partition coefficient (Wildman–Crippen LogP) is 4.38. The number of hydrogen-bond acceptors (Lipinski definition) is 8. The Balaban J connectivity index is 1.42. The van der Waals surface area contributed by atoms with Crippen molar-refractivity contribution < 1.29 is 27.4 Å². The lowest BCUT2D eigenvalue weighted by Gasteiger charge is -2.35. The minimum Gasteiger partial charge on any atom is -0.493 e. The summed E-state index contributed by atoms with van der Waals surface area (Å²) in [6.45, 7) is 4.62. The number of piperazine rings is 1. The van der Waals surface area contributed by atoms with Gasteiger partial charge < -0.3 is 14.2 Å². The molecule has 2 heterocycles. The van der Waals surface area contributed by atoms with Crippen LogP contribution in [-0.2, 0) is 12.7 Å². The van der Waals surface area contributed by atoms with Gasteiger partial charge in [-0.1, -0.05) is 17.3 Å². The van der Waals surface area contributed by atoms with Crippen LogP contribution in [0.15, 0.2) is 47.0 Å². The lowest BCUT2D eigenvalue weighted by atomic mass is 10.1. The van der Waals surface area contributed by atoms with Gasteiger partial charge in [0.25, 0.3) is 5.69 Å². The summed E-state index contributed by atoms with van der Waals surface area (Å²) < 4.78 is 49.9. The smallest absolute Gasteiger partial charge is 0.416 e. The van der Waals surface area contributed by atoms with Gasteiger partial charge in [-0.15, -0.1) is 0 Å². The van der Waals surface area contributed by atoms with Gasteiger partial charge in [-0.3, -0.25) is 15.0 Å². The van der Waals surface area contributed by atoms with Crippen molar-refractivity contribution in [1.82, 2.24) is 15.0 Å². The van der Waals surface area contributed by atoms with Crippen molar-refractivity contribution in [3.8, 4) is 17.1 Å². The Bertz CT molecular complexity index is 1160. The lowest BCUT2D eigenvalue weighted by Crippen LogP contribution is -2.46. The molecule has 0 N–H and O–H groups in total. The molecule has 34 heavy (non-hydrogen) atoms. The second-order valence-corrected chi connectivity index (χ2v) is 7.66. The summed E-state index contributed by atoms with van der Waals surface area (Å²) in [4.78, 5) is 18.8. The Morgan fingerprint density at radius 1 is 1.15 bits per heavy atom. The zero-order chi connectivity index (χ0) is 24.3. The maximum Gasteiger partial charge on any atom is 0.416 e. The summed E-state index contributed by atoms with van der Waals surface area (Å²) in [6.07, 6.45) is -4.64. The maximum absolute atomic E-state index is 13.0. The predicted molar refractivity (Wildman–Crippen MR) is 116 cm³/mol. The highest BCUT2D eigenvalue weighted by Crippen LogP contribution is 2.37. The SMILES string of the molecule is CCOc1ccccc1-c1noc(CN2CCN(c3ccc(C(F)(F)F)cc3[N+](=O)[O-])CC2)n1. The molecule has 0 amide bonds. The maximum atomic E-state index is 13.0. The number of nitrogens with zero attached hydrogens (tertiary/aromatic N) is 5. The van der Waals surface area contributed by atoms with Gasteiger partial charge in [0.2, 0.25) is 11.7 Å². The van der Waals surface area contributed by atoms with Gasteiger partial charge in [0.1, 0.15) is 11.4 Å². The van der Waals surface area contributed by atoms with E-state index in [9.17, 15) is 23.3 Å². The van der Waals surface area contributed by atoms with Crippen LogP contribution in [0.5, 0.6) is 5.75 Å². The second-order valence-electron chi connectivity index (χ2n) is 7.66. The van der Waals surface area contributed by atoms with Gasteiger partial charge in [-0.05, 0) is 31.2 Å². The molecular formula is C22H22F3N5O4. The van der Waals surface area contributed by atoms with Crippen molar-refractivity contribution in [2.75, 3.05) is 37.7 Å². The molecule has 1 fully saturated rings. The molecule has 4 rings (SSSR count). The quantitative estimate of drug-likeness (QED) is 0.365. The molecule has 0 aliphatic carbocycles. The van der Waals surface area contributed by atoms with E-state index in [0.29, 0.717) is 62.9 Å². The minimum absolute atomic E-state index is 0.172. The highest BCUT2D eigenvalue weighted by atomic mass is 19.4. The van der Waals surface area contributed by atoms with E-state index in [2.05, 4.69) is 10.1 Å². The molecule has 0 spiro atoms. The number of anilines is 1. The van der Waals surface area contributed by atoms with Crippen LogP contribution in [0.25, 0.3) is 11.4 Å². The van der Waals surface area contributed by atoms with E-state index >= 15 is 0 Å². The molecule has 9 nitrogen and oxygen atoms in total. The van der Waals surface area contributed by atoms with Crippen LogP contribution in [0.4, 0.5) is 24.5 Å². The highest BCUT2D eigenvalue weighted by Gasteiger charge is 2.34. The van der Waals surface area contributed by atoms with Gasteiger partial charge in [-0.25, -0.2) is 0 Å². The fourth-order valence-electron chi connectivity index (χ4n) is 3.81. The fourth-order valence-corrected chi connectivity index (χ4v) is 3.81. The van der Waals surface area contributed by atoms with Gasteiger partial charge in [-0.2, -0.15) is 18.2 Å². The summed E-state index contributed by atoms with van der Waals surface area (Å²) in [7, 11) is 0. The molecule has 0 radical (unpaired) electrons. The number of nitro groups is 1. The van der Waals surface area contributed by atoms with Crippen LogP contribution >= 0.6 is 0 Å². The third-order valence-corrected chi connectivity index (χ3v) is 5.47. The number of hydrogen-bond donors (Lipinski definition) is 0. The minimum atomic E-state index is -4.64. The van der Waals surface area contributed by atoms with Crippen LogP contribution in [0.2, 0.25) is 0 Å². The standard InChI is InChI=1S/C22H22F3N5O4/c1-2-33-19-6-4-3-5-16(19)21-26-20(34-27-21)14-28-9-11-29(12-10-28)17-8-7-15(22(23,24)25)13-18(17)30(31)32/h3-8,13H,2,9-12,14H2,1H3. The first-order valence-electron chi connectivity index (χ1n) is 10.6. The van der Waals surface area contributed by atoms with Crippen molar-refractivity contribution >= 4 is 11.4 Å². The summed E-state index contributed by atoms with van der Waals surface area (Å²) in [5, 5.41) is 15.4. The first kappa shape index (κ1) is 23.5. The van der Waals surface area contributed by atoms with Gasteiger partial charge in [0, 0.05) is 32.2 Å². The summed E-state index contributed by atoms with van der Waals surface area (Å²) in [5.74, 6) is 1.48. The Kier molecular flexibility index (Phi) is 6.68. The number of benzene rings is 2. The molecular weight excluding hydrogens is 455 g/mol. The average Bonchev–Trinajstić information content (AvgIpc) is 3.27. The molecule has 12 heteroatoms. The van der Waals surface area contributed by atoms with Crippen molar-refractivity contribution in [3.63, 3.8) is 0 Å². The fraction of sp³-hybridized carbons (Fsp3) is 0.364. The Labute approximate surface area is 192 Å². The molecule has 1 aliphatic heterocycles. The van der Waals surface area contributed by atoms with Crippen molar-refractivity contribution in [1.29, 1.82) is 0 Å². The molecule has 0 atom stereocenters. The molecule has 180 valence electrons. The van der Waals surface area contributed by atoms with Crippen LogP contribution in [-0.4, -0.2) is 52.7 Å². The van der Waals surface area contributed by atoms with Crippen molar-refractivity contribution in [2.45, 2.75) is 19.6 Å². The van der Waals surface area contributed by atoms with Crippen LogP contribution in [0.1, 0.15) is 18.4 Å². The second kappa shape index (κ2) is 9.67. The highest BCUT2D eigenvalue weighted by molar-refractivity contribution is 5.65. The van der Waals surface area contributed by atoms with E-state index in [1.807, 2.05) is 36.1 Å². The van der Waals surface area contributed by atoms with E-state index in [1.165, 1.54) is 0 Å². The monoisotopic (exact) mass is 477 g/mol. The number of rotatable bonds is 7. The zero-order valence-corrected chi connectivity index (χ0v) is 18.3. The largest absolute Gasteiger partial charge is 0.493 e. The molecule has 2 aromatic carbocycles. The molecule has 1 aliphatic rings. The number of alkyl halides is 3. The molecule has 1 saturated heterocycles. The van der Waals surface area contributed by atoms with E-state index in [4.69, 9.17) is 9.26 Å². The number of para-hydroxylation sites is 1. The molecule has 0 bridgehead atoms. The first-order chi connectivity index (χ1) is 16.3. The Hall–Kier alpha value is -3.67. The van der Waals surface area contributed by atoms with Crippen molar-refractivity contribution in [2.24, 2.45) is 0 Å². The summed E-state index contributed by atoms with van der Waals surface area (Å²) >= 11 is 0. The van der Waals surface area contributed by atoms with Crippen LogP contribution < -0.4 is 9.64 Å². The van der Waals surface area contributed by atoms with Gasteiger partial charge >= 0.3 is 6.18 Å². The Morgan fingerprint density at radius 2 is 1.88 bits per heavy atom. The Morgan fingerprint density at radius 3 is 2.56 bits per heavy atom. The number of nitro benzene ring substituents is 1. The third kappa shape index (κ3) is 5.11. The van der Waals surface area contributed by atoms with Gasteiger partial charge in [0.05, 0.1) is 29.2 Å². The third-order valence-electron chi connectivity index (χ3n) is 5.47. The molecule has 1 aromatic heterocycles. The van der Waals surface area contributed by atoms with Crippen LogP contribution in [0, 0.1) is 10.1 Å².